The Kier molecular flexibility index (Phi) is 3.93. The molecule has 0 radical (unpaired) electrons. The van der Waals surface area contributed by atoms with Gasteiger partial charge in [0.2, 0.25) is 5.91 Å². The summed E-state index contributed by atoms with van der Waals surface area (Å²) >= 11 is 0. The fraction of sp³-hybridized carbons (Fsp3) is 0.562. The number of rotatable bonds is 6. The summed E-state index contributed by atoms with van der Waals surface area (Å²) in [6.45, 7) is 2.50. The highest BCUT2D eigenvalue weighted by Gasteiger charge is 2.39. The van der Waals surface area contributed by atoms with Crippen LogP contribution in [-0.4, -0.2) is 29.4 Å². The number of hydrogen-bond donors (Lipinski definition) is 1. The van der Waals surface area contributed by atoms with Crippen molar-refractivity contribution in [2.24, 2.45) is 5.92 Å². The Morgan fingerprint density at radius 3 is 2.57 bits per heavy atom. The molecule has 0 spiro atoms. The third kappa shape index (κ3) is 3.59. The number of nitrogens with zero attached hydrogens (tertiary/aromatic N) is 1. The third-order valence-electron chi connectivity index (χ3n) is 4.37. The summed E-state index contributed by atoms with van der Waals surface area (Å²) in [4.78, 5) is 14.4. The summed E-state index contributed by atoms with van der Waals surface area (Å²) in [5, 5.41) is 2.65. The van der Waals surface area contributed by atoms with E-state index in [-0.39, 0.29) is 5.91 Å². The number of amides is 1. The van der Waals surface area contributed by atoms with Gasteiger partial charge in [-0.05, 0) is 50.7 Å². The number of anilines is 1. The molecule has 5 heteroatoms. The molecule has 1 N–H and O–H groups in total. The van der Waals surface area contributed by atoms with Crippen molar-refractivity contribution in [1.29, 1.82) is 0 Å². The molecule has 0 aliphatic heterocycles. The quantitative estimate of drug-likeness (QED) is 0.874. The molecule has 0 saturated heterocycles. The Bertz CT molecular complexity index is 541. The molecule has 0 aromatic heterocycles. The number of carbonyl (C=O) groups excluding carboxylic acids is 1. The van der Waals surface area contributed by atoms with Crippen LogP contribution >= 0.6 is 0 Å². The van der Waals surface area contributed by atoms with Gasteiger partial charge in [-0.15, -0.1) is 0 Å². The van der Waals surface area contributed by atoms with Gasteiger partial charge in [0.25, 0.3) is 0 Å². The van der Waals surface area contributed by atoms with E-state index in [2.05, 4.69) is 17.1 Å². The summed E-state index contributed by atoms with van der Waals surface area (Å²) < 4.78 is 26.0. The standard InChI is InChI=1S/C16H20F2N2O/c1-10(11-2-3-11)20(13-5-6-13)9-16(21)19-12-4-7-14(17)15(18)8-12/h4,7-8,10-11,13H,2-3,5-6,9H2,1H3,(H,19,21). The largest absolute Gasteiger partial charge is 0.325 e. The molecule has 2 aliphatic carbocycles. The molecule has 2 aliphatic rings. The first-order chi connectivity index (χ1) is 10.0. The van der Waals surface area contributed by atoms with Crippen molar-refractivity contribution < 1.29 is 13.6 Å². The Labute approximate surface area is 123 Å². The zero-order valence-electron chi connectivity index (χ0n) is 12.1. The van der Waals surface area contributed by atoms with E-state index in [0.29, 0.717) is 30.2 Å². The van der Waals surface area contributed by atoms with Gasteiger partial charge in [0.05, 0.1) is 6.54 Å². The lowest BCUT2D eigenvalue weighted by Crippen LogP contribution is -2.42. The van der Waals surface area contributed by atoms with E-state index < -0.39 is 11.6 Å². The van der Waals surface area contributed by atoms with Gasteiger partial charge in [-0.3, -0.25) is 9.69 Å². The van der Waals surface area contributed by atoms with E-state index in [9.17, 15) is 13.6 Å². The van der Waals surface area contributed by atoms with E-state index in [1.54, 1.807) is 0 Å². The van der Waals surface area contributed by atoms with Crippen LogP contribution in [0.25, 0.3) is 0 Å². The van der Waals surface area contributed by atoms with Gasteiger partial charge in [-0.2, -0.15) is 0 Å². The molecule has 1 atom stereocenters. The van der Waals surface area contributed by atoms with Crippen LogP contribution in [-0.2, 0) is 4.79 Å². The number of carbonyl (C=O) groups is 1. The maximum absolute atomic E-state index is 13.1. The van der Waals surface area contributed by atoms with Gasteiger partial charge in [-0.1, -0.05) is 0 Å². The van der Waals surface area contributed by atoms with Crippen molar-refractivity contribution in [2.75, 3.05) is 11.9 Å². The number of nitrogens with one attached hydrogen (secondary N) is 1. The molecule has 3 rings (SSSR count). The summed E-state index contributed by atoms with van der Waals surface area (Å²) in [6, 6.07) is 4.35. The Hall–Kier alpha value is -1.49. The SMILES string of the molecule is CC(C1CC1)N(CC(=O)Nc1ccc(F)c(F)c1)C1CC1. The predicted molar refractivity (Wildman–Crippen MR) is 76.9 cm³/mol. The van der Waals surface area contributed by atoms with Crippen LogP contribution in [0, 0.1) is 17.6 Å². The molecule has 21 heavy (non-hydrogen) atoms. The molecule has 2 saturated carbocycles. The van der Waals surface area contributed by atoms with Crippen molar-refractivity contribution in [3.05, 3.63) is 29.8 Å². The van der Waals surface area contributed by atoms with Crippen LogP contribution in [0.1, 0.15) is 32.6 Å². The maximum Gasteiger partial charge on any atom is 0.238 e. The molecule has 1 unspecified atom stereocenters. The first-order valence-electron chi connectivity index (χ1n) is 7.55. The molecule has 2 fully saturated rings. The van der Waals surface area contributed by atoms with Gasteiger partial charge < -0.3 is 5.32 Å². The van der Waals surface area contributed by atoms with E-state index in [1.165, 1.54) is 18.9 Å². The van der Waals surface area contributed by atoms with Crippen molar-refractivity contribution in [3.63, 3.8) is 0 Å². The normalized spacial score (nSPS) is 19.6. The van der Waals surface area contributed by atoms with Crippen LogP contribution in [0.5, 0.6) is 0 Å². The lowest BCUT2D eigenvalue weighted by Gasteiger charge is -2.28. The maximum atomic E-state index is 13.1. The minimum Gasteiger partial charge on any atom is -0.325 e. The lowest BCUT2D eigenvalue weighted by atomic mass is 10.1. The van der Waals surface area contributed by atoms with Crippen molar-refractivity contribution >= 4 is 11.6 Å². The smallest absolute Gasteiger partial charge is 0.238 e. The summed E-state index contributed by atoms with van der Waals surface area (Å²) in [7, 11) is 0. The second-order valence-electron chi connectivity index (χ2n) is 6.16. The van der Waals surface area contributed by atoms with E-state index >= 15 is 0 Å². The number of halogens is 2. The third-order valence-corrected chi connectivity index (χ3v) is 4.37. The van der Waals surface area contributed by atoms with Crippen molar-refractivity contribution in [2.45, 2.75) is 44.7 Å². The van der Waals surface area contributed by atoms with Crippen LogP contribution in [0.4, 0.5) is 14.5 Å². The zero-order chi connectivity index (χ0) is 15.0. The molecule has 1 amide bonds. The predicted octanol–water partition coefficient (Wildman–Crippen LogP) is 3.17. The number of benzene rings is 1. The molecule has 0 bridgehead atoms. The first-order valence-corrected chi connectivity index (χ1v) is 7.55. The minimum absolute atomic E-state index is 0.166. The van der Waals surface area contributed by atoms with Crippen LogP contribution in [0.2, 0.25) is 0 Å². The van der Waals surface area contributed by atoms with Gasteiger partial charge in [0.1, 0.15) is 0 Å². The topological polar surface area (TPSA) is 32.3 Å². The van der Waals surface area contributed by atoms with Crippen molar-refractivity contribution in [3.8, 4) is 0 Å². The Morgan fingerprint density at radius 1 is 1.29 bits per heavy atom. The highest BCUT2D eigenvalue weighted by atomic mass is 19.2. The fourth-order valence-corrected chi connectivity index (χ4v) is 2.80. The molecule has 3 nitrogen and oxygen atoms in total. The second kappa shape index (κ2) is 5.72. The average molecular weight is 294 g/mol. The average Bonchev–Trinajstić information content (AvgIpc) is 3.30. The van der Waals surface area contributed by atoms with Crippen molar-refractivity contribution in [1.82, 2.24) is 4.90 Å². The molecule has 1 aromatic rings. The van der Waals surface area contributed by atoms with Crippen LogP contribution in [0.15, 0.2) is 18.2 Å². The van der Waals surface area contributed by atoms with Crippen LogP contribution < -0.4 is 5.32 Å². The minimum atomic E-state index is -0.946. The molecular formula is C16H20F2N2O. The lowest BCUT2D eigenvalue weighted by molar-refractivity contribution is -0.118. The monoisotopic (exact) mass is 294 g/mol. The van der Waals surface area contributed by atoms with Crippen LogP contribution in [0.3, 0.4) is 0 Å². The highest BCUT2D eigenvalue weighted by molar-refractivity contribution is 5.92. The summed E-state index contributed by atoms with van der Waals surface area (Å²) in [6.07, 6.45) is 4.79. The molecule has 0 heterocycles. The van der Waals surface area contributed by atoms with Gasteiger partial charge in [0, 0.05) is 23.8 Å². The Morgan fingerprint density at radius 2 is 2.00 bits per heavy atom. The molecule has 1 aromatic carbocycles. The highest BCUT2D eigenvalue weighted by Crippen LogP contribution is 2.39. The molecule has 114 valence electrons. The summed E-state index contributed by atoms with van der Waals surface area (Å²) in [5.74, 6) is -1.31. The fourth-order valence-electron chi connectivity index (χ4n) is 2.80. The Balaban J connectivity index is 1.60. The summed E-state index contributed by atoms with van der Waals surface area (Å²) in [5.41, 5.74) is 0.300. The van der Waals surface area contributed by atoms with E-state index in [0.717, 1.165) is 25.0 Å². The van der Waals surface area contributed by atoms with Gasteiger partial charge in [0.15, 0.2) is 11.6 Å². The van der Waals surface area contributed by atoms with Gasteiger partial charge in [-0.25, -0.2) is 8.78 Å². The first kappa shape index (κ1) is 14.4. The van der Waals surface area contributed by atoms with E-state index in [1.807, 2.05) is 0 Å². The van der Waals surface area contributed by atoms with Gasteiger partial charge >= 0.3 is 0 Å². The number of hydrogen-bond acceptors (Lipinski definition) is 2. The zero-order valence-corrected chi connectivity index (χ0v) is 12.1. The van der Waals surface area contributed by atoms with E-state index in [4.69, 9.17) is 0 Å². The molecular weight excluding hydrogens is 274 g/mol. The second-order valence-corrected chi connectivity index (χ2v) is 6.16.